The molecular weight excluding hydrogens is 262 g/mol. The highest BCUT2D eigenvalue weighted by Crippen LogP contribution is 2.46. The largest absolute Gasteiger partial charge is 0.444 e. The van der Waals surface area contributed by atoms with Gasteiger partial charge < -0.3 is 24.3 Å². The molecule has 2 aliphatic heterocycles. The minimum absolute atomic E-state index is 0.108. The number of fused-ring (bicyclic) bond motifs is 3. The molecule has 5 atom stereocenters. The van der Waals surface area contributed by atoms with E-state index in [0.29, 0.717) is 0 Å². The quantitative estimate of drug-likeness (QED) is 0.741. The van der Waals surface area contributed by atoms with Crippen LogP contribution in [0.2, 0.25) is 0 Å². The van der Waals surface area contributed by atoms with Gasteiger partial charge in [0.1, 0.15) is 23.9 Å². The average Bonchev–Trinajstić information content (AvgIpc) is 2.91. The van der Waals surface area contributed by atoms with Gasteiger partial charge in [0.25, 0.3) is 0 Å². The smallest absolute Gasteiger partial charge is 0.407 e. The number of epoxide rings is 1. The van der Waals surface area contributed by atoms with Crippen molar-refractivity contribution in [2.45, 2.75) is 82.9 Å². The summed E-state index contributed by atoms with van der Waals surface area (Å²) in [7, 11) is 0. The van der Waals surface area contributed by atoms with Crippen molar-refractivity contribution in [1.29, 1.82) is 0 Å². The van der Waals surface area contributed by atoms with E-state index >= 15 is 0 Å². The first kappa shape index (κ1) is 14.1. The van der Waals surface area contributed by atoms with Crippen LogP contribution >= 0.6 is 0 Å². The molecule has 0 aromatic rings. The predicted octanol–water partition coefficient (Wildman–Crippen LogP) is 1.57. The minimum atomic E-state index is -0.635. The van der Waals surface area contributed by atoms with Crippen LogP contribution in [0.15, 0.2) is 0 Å². The van der Waals surface area contributed by atoms with Gasteiger partial charge in [-0.1, -0.05) is 0 Å². The van der Waals surface area contributed by atoms with E-state index < -0.39 is 17.5 Å². The van der Waals surface area contributed by atoms with Gasteiger partial charge in [-0.3, -0.25) is 0 Å². The fourth-order valence-electron chi connectivity index (χ4n) is 3.00. The fourth-order valence-corrected chi connectivity index (χ4v) is 3.00. The first-order valence-corrected chi connectivity index (χ1v) is 7.15. The van der Waals surface area contributed by atoms with Crippen molar-refractivity contribution < 1.29 is 23.7 Å². The van der Waals surface area contributed by atoms with Crippen molar-refractivity contribution in [3.8, 4) is 0 Å². The summed E-state index contributed by atoms with van der Waals surface area (Å²) in [6.07, 6.45) is 0.301. The zero-order valence-corrected chi connectivity index (χ0v) is 12.6. The fraction of sp³-hybridized carbons (Fsp3) is 0.929. The third-order valence-corrected chi connectivity index (χ3v) is 3.69. The maximum Gasteiger partial charge on any atom is 0.407 e. The van der Waals surface area contributed by atoms with Crippen LogP contribution in [-0.2, 0) is 18.9 Å². The molecule has 0 unspecified atom stereocenters. The summed E-state index contributed by atoms with van der Waals surface area (Å²) < 4.78 is 22.7. The van der Waals surface area contributed by atoms with Crippen LogP contribution in [-0.4, -0.2) is 47.9 Å². The van der Waals surface area contributed by atoms with Crippen molar-refractivity contribution >= 4 is 6.09 Å². The number of carbonyl (C=O) groups excluding carboxylic acids is 1. The molecule has 3 aliphatic rings. The third kappa shape index (κ3) is 2.77. The van der Waals surface area contributed by atoms with Crippen LogP contribution in [0.1, 0.15) is 41.0 Å². The molecule has 20 heavy (non-hydrogen) atoms. The summed E-state index contributed by atoms with van der Waals surface area (Å²) in [5.41, 5.74) is -0.511. The Kier molecular flexibility index (Phi) is 3.05. The Morgan fingerprint density at radius 2 is 1.85 bits per heavy atom. The molecule has 0 aromatic heterocycles. The van der Waals surface area contributed by atoms with Gasteiger partial charge in [-0.2, -0.15) is 0 Å². The third-order valence-electron chi connectivity index (χ3n) is 3.69. The van der Waals surface area contributed by atoms with E-state index in [-0.39, 0.29) is 30.5 Å². The van der Waals surface area contributed by atoms with Crippen molar-refractivity contribution in [2.75, 3.05) is 0 Å². The normalized spacial score (nSPS) is 41.5. The van der Waals surface area contributed by atoms with Crippen molar-refractivity contribution in [1.82, 2.24) is 5.32 Å². The molecule has 0 bridgehead atoms. The van der Waals surface area contributed by atoms with Gasteiger partial charge in [-0.15, -0.1) is 0 Å². The summed E-state index contributed by atoms with van der Waals surface area (Å²) in [6.45, 7) is 9.29. The molecule has 6 nitrogen and oxygen atoms in total. The number of amides is 1. The summed E-state index contributed by atoms with van der Waals surface area (Å²) >= 11 is 0. The second-order valence-corrected chi connectivity index (χ2v) is 7.19. The Balaban J connectivity index is 1.66. The second kappa shape index (κ2) is 4.32. The van der Waals surface area contributed by atoms with E-state index in [0.717, 1.165) is 6.42 Å². The molecule has 1 amide bonds. The molecule has 114 valence electrons. The molecule has 1 N–H and O–H groups in total. The number of alkyl carbamates (subject to hydrolysis) is 1. The van der Waals surface area contributed by atoms with Gasteiger partial charge in [-0.25, -0.2) is 4.79 Å². The lowest BCUT2D eigenvalue weighted by molar-refractivity contribution is -0.149. The van der Waals surface area contributed by atoms with Gasteiger partial charge in [0.2, 0.25) is 0 Å². The van der Waals surface area contributed by atoms with E-state index in [4.69, 9.17) is 18.9 Å². The van der Waals surface area contributed by atoms with Crippen molar-refractivity contribution in [2.24, 2.45) is 0 Å². The molecule has 3 rings (SSSR count). The first-order valence-electron chi connectivity index (χ1n) is 7.15. The second-order valence-electron chi connectivity index (χ2n) is 7.19. The van der Waals surface area contributed by atoms with Crippen molar-refractivity contribution in [3.63, 3.8) is 0 Å². The zero-order valence-electron chi connectivity index (χ0n) is 12.6. The SMILES string of the molecule is CC(C)(C)OC(=O)N[C@H]1C[C@H]2O[C@H]2[C@@H]2OC(C)(C)O[C@@H]21. The number of nitrogens with one attached hydrogen (secondary N) is 1. The number of hydrogen-bond donors (Lipinski definition) is 1. The van der Waals surface area contributed by atoms with E-state index in [9.17, 15) is 4.79 Å². The summed E-state index contributed by atoms with van der Waals surface area (Å²) in [5.74, 6) is -0.635. The Labute approximate surface area is 119 Å². The van der Waals surface area contributed by atoms with Crippen LogP contribution in [0.4, 0.5) is 4.79 Å². The van der Waals surface area contributed by atoms with Gasteiger partial charge in [0, 0.05) is 0 Å². The first-order chi connectivity index (χ1) is 9.15. The molecule has 1 aliphatic carbocycles. The van der Waals surface area contributed by atoms with Crippen LogP contribution in [0.3, 0.4) is 0 Å². The zero-order chi connectivity index (χ0) is 14.7. The lowest BCUT2D eigenvalue weighted by Crippen LogP contribution is -2.53. The molecule has 2 saturated heterocycles. The molecule has 1 saturated carbocycles. The van der Waals surface area contributed by atoms with Crippen LogP contribution < -0.4 is 5.32 Å². The van der Waals surface area contributed by atoms with E-state index in [1.165, 1.54) is 0 Å². The summed E-state index contributed by atoms with van der Waals surface area (Å²) in [5, 5.41) is 2.90. The molecule has 3 fully saturated rings. The summed E-state index contributed by atoms with van der Waals surface area (Å²) in [6, 6.07) is -0.139. The summed E-state index contributed by atoms with van der Waals surface area (Å²) in [4.78, 5) is 11.9. The topological polar surface area (TPSA) is 69.3 Å². The molecule has 0 spiro atoms. The molecule has 0 aromatic carbocycles. The predicted molar refractivity (Wildman–Crippen MR) is 70.3 cm³/mol. The van der Waals surface area contributed by atoms with Gasteiger partial charge in [0.05, 0.1) is 12.1 Å². The monoisotopic (exact) mass is 285 g/mol. The van der Waals surface area contributed by atoms with Crippen LogP contribution in [0.25, 0.3) is 0 Å². The Morgan fingerprint density at radius 1 is 1.20 bits per heavy atom. The van der Waals surface area contributed by atoms with Gasteiger partial charge in [-0.05, 0) is 41.0 Å². The number of rotatable bonds is 1. The van der Waals surface area contributed by atoms with E-state index in [2.05, 4.69) is 5.32 Å². The number of carbonyl (C=O) groups is 1. The Bertz CT molecular complexity index is 416. The Hall–Kier alpha value is -0.850. The molecule has 2 heterocycles. The maximum atomic E-state index is 11.9. The highest BCUT2D eigenvalue weighted by Gasteiger charge is 2.62. The van der Waals surface area contributed by atoms with E-state index in [1.54, 1.807) is 0 Å². The molecular formula is C14H23NO5. The highest BCUT2D eigenvalue weighted by atomic mass is 16.8. The maximum absolute atomic E-state index is 11.9. The number of hydrogen-bond acceptors (Lipinski definition) is 5. The van der Waals surface area contributed by atoms with Crippen LogP contribution in [0.5, 0.6) is 0 Å². The Morgan fingerprint density at radius 3 is 2.50 bits per heavy atom. The average molecular weight is 285 g/mol. The lowest BCUT2D eigenvalue weighted by Gasteiger charge is -2.30. The highest BCUT2D eigenvalue weighted by molar-refractivity contribution is 5.68. The van der Waals surface area contributed by atoms with E-state index in [1.807, 2.05) is 34.6 Å². The molecule has 6 heteroatoms. The van der Waals surface area contributed by atoms with Gasteiger partial charge in [0.15, 0.2) is 5.79 Å². The molecule has 0 radical (unpaired) electrons. The lowest BCUT2D eigenvalue weighted by atomic mass is 9.90. The van der Waals surface area contributed by atoms with Crippen LogP contribution in [0, 0.1) is 0 Å². The van der Waals surface area contributed by atoms with Gasteiger partial charge >= 0.3 is 6.09 Å². The minimum Gasteiger partial charge on any atom is -0.444 e. The number of ether oxygens (including phenoxy) is 4. The standard InChI is InChI=1S/C14H23NO5/c1-13(2,3)20-12(16)15-7-6-8-10(17-8)11-9(7)18-14(4,5)19-11/h7-11H,6H2,1-5H3,(H,15,16)/t7-,8+,9+,10+,11+/m0/s1. The van der Waals surface area contributed by atoms with Crippen molar-refractivity contribution in [3.05, 3.63) is 0 Å².